The molecule has 0 unspecified atom stereocenters. The van der Waals surface area contributed by atoms with Crippen LogP contribution < -0.4 is 16.1 Å². The lowest BCUT2D eigenvalue weighted by Gasteiger charge is -2.20. The number of nitrogen functional groups attached to an aromatic ring is 1. The molecule has 0 saturated heterocycles. The van der Waals surface area contributed by atoms with Gasteiger partial charge in [0.25, 0.3) is 0 Å². The van der Waals surface area contributed by atoms with Gasteiger partial charge in [0.2, 0.25) is 0 Å². The lowest BCUT2D eigenvalue weighted by atomic mass is 10.1. The zero-order valence-electron chi connectivity index (χ0n) is 17.7. The van der Waals surface area contributed by atoms with Crippen LogP contribution in [-0.2, 0) is 0 Å². The number of hydrogen-bond acceptors (Lipinski definition) is 6. The number of hydrogen-bond donors (Lipinski definition) is 2. The number of anilines is 3. The fourth-order valence-corrected chi connectivity index (χ4v) is 3.01. The van der Waals surface area contributed by atoms with Gasteiger partial charge in [-0.3, -0.25) is 5.43 Å². The third kappa shape index (κ3) is 5.44. The molecule has 0 fully saturated rings. The standard InChI is InChI=1S/C24H28N6/c1-4-30(5-2)22-16-14-21(15-17-22)28-27-20-12-10-19(11-13-20)18(3)26-29-24-9-7-6-8-23(24)25/h6-17,29H,4-5,25H2,1-3H3/b26-18+,28-27?. The summed E-state index contributed by atoms with van der Waals surface area (Å²) in [5, 5.41) is 13.1. The van der Waals surface area contributed by atoms with Crippen molar-refractivity contribution in [2.75, 3.05) is 29.1 Å². The Morgan fingerprint density at radius 2 is 1.40 bits per heavy atom. The first-order chi connectivity index (χ1) is 14.6. The van der Waals surface area contributed by atoms with E-state index in [0.29, 0.717) is 5.69 Å². The molecule has 0 spiro atoms. The zero-order valence-corrected chi connectivity index (χ0v) is 17.7. The quantitative estimate of drug-likeness (QED) is 0.200. The van der Waals surface area contributed by atoms with Crippen molar-refractivity contribution in [2.24, 2.45) is 15.3 Å². The molecule has 30 heavy (non-hydrogen) atoms. The Hall–Kier alpha value is -3.67. The summed E-state index contributed by atoms with van der Waals surface area (Å²) in [5.41, 5.74) is 15.1. The minimum atomic E-state index is 0.662. The molecular formula is C24H28N6. The third-order valence-electron chi connectivity index (χ3n) is 4.85. The van der Waals surface area contributed by atoms with Crippen LogP contribution in [0.1, 0.15) is 26.3 Å². The van der Waals surface area contributed by atoms with Crippen LogP contribution in [0, 0.1) is 0 Å². The van der Waals surface area contributed by atoms with E-state index >= 15 is 0 Å². The average molecular weight is 401 g/mol. The molecule has 0 atom stereocenters. The maximum atomic E-state index is 5.93. The summed E-state index contributed by atoms with van der Waals surface area (Å²) >= 11 is 0. The normalized spacial score (nSPS) is 11.6. The van der Waals surface area contributed by atoms with Crippen molar-refractivity contribution in [1.82, 2.24) is 0 Å². The van der Waals surface area contributed by atoms with E-state index in [1.54, 1.807) is 0 Å². The summed E-state index contributed by atoms with van der Waals surface area (Å²) in [6.45, 7) is 8.22. The number of hydrazone groups is 1. The van der Waals surface area contributed by atoms with Gasteiger partial charge in [-0.2, -0.15) is 15.3 Å². The summed E-state index contributed by atoms with van der Waals surface area (Å²) in [6, 6.07) is 23.5. The lowest BCUT2D eigenvalue weighted by Crippen LogP contribution is -2.21. The molecule has 0 aromatic heterocycles. The predicted octanol–water partition coefficient (Wildman–Crippen LogP) is 6.37. The van der Waals surface area contributed by atoms with Crippen LogP contribution in [-0.4, -0.2) is 18.8 Å². The highest BCUT2D eigenvalue weighted by Crippen LogP contribution is 2.23. The monoisotopic (exact) mass is 400 g/mol. The van der Waals surface area contributed by atoms with Gasteiger partial charge in [-0.25, -0.2) is 0 Å². The lowest BCUT2D eigenvalue weighted by molar-refractivity contribution is 0.866. The molecule has 0 bridgehead atoms. The van der Waals surface area contributed by atoms with Gasteiger partial charge in [0, 0.05) is 18.8 Å². The molecule has 3 aromatic rings. The number of azo groups is 1. The molecule has 0 aliphatic rings. The fraction of sp³-hybridized carbons (Fsp3) is 0.208. The molecule has 0 saturated carbocycles. The minimum Gasteiger partial charge on any atom is -0.397 e. The molecule has 3 aromatic carbocycles. The van der Waals surface area contributed by atoms with E-state index in [2.05, 4.69) is 51.6 Å². The van der Waals surface area contributed by atoms with E-state index in [4.69, 9.17) is 5.73 Å². The Kier molecular flexibility index (Phi) is 7.16. The van der Waals surface area contributed by atoms with Crippen molar-refractivity contribution >= 4 is 34.1 Å². The second-order valence-electron chi connectivity index (χ2n) is 6.83. The smallest absolute Gasteiger partial charge is 0.0858 e. The van der Waals surface area contributed by atoms with Crippen LogP contribution in [0.2, 0.25) is 0 Å². The van der Waals surface area contributed by atoms with Crippen molar-refractivity contribution in [3.63, 3.8) is 0 Å². The van der Waals surface area contributed by atoms with Gasteiger partial charge in [0.15, 0.2) is 0 Å². The molecule has 154 valence electrons. The third-order valence-corrected chi connectivity index (χ3v) is 4.85. The van der Waals surface area contributed by atoms with E-state index in [0.717, 1.165) is 41.4 Å². The van der Waals surface area contributed by atoms with Crippen molar-refractivity contribution in [3.05, 3.63) is 78.4 Å². The van der Waals surface area contributed by atoms with Gasteiger partial charge in [-0.15, -0.1) is 0 Å². The summed E-state index contributed by atoms with van der Waals surface area (Å²) in [6.07, 6.45) is 0. The first kappa shape index (κ1) is 21.0. The SMILES string of the molecule is CCN(CC)c1ccc(N=Nc2ccc(/C(C)=N/Nc3ccccc3N)cc2)cc1. The summed E-state index contributed by atoms with van der Waals surface area (Å²) in [4.78, 5) is 2.30. The van der Waals surface area contributed by atoms with Gasteiger partial charge in [-0.1, -0.05) is 24.3 Å². The van der Waals surface area contributed by atoms with Crippen LogP contribution >= 0.6 is 0 Å². The molecule has 6 nitrogen and oxygen atoms in total. The summed E-state index contributed by atoms with van der Waals surface area (Å²) in [7, 11) is 0. The van der Waals surface area contributed by atoms with Crippen LogP contribution in [0.5, 0.6) is 0 Å². The zero-order chi connectivity index (χ0) is 21.3. The van der Waals surface area contributed by atoms with Gasteiger partial charge in [-0.05, 0) is 74.9 Å². The van der Waals surface area contributed by atoms with Gasteiger partial charge in [0.05, 0.1) is 28.5 Å². The fourth-order valence-electron chi connectivity index (χ4n) is 3.01. The second kappa shape index (κ2) is 10.2. The number of benzene rings is 3. The first-order valence-corrected chi connectivity index (χ1v) is 10.1. The summed E-state index contributed by atoms with van der Waals surface area (Å²) in [5.74, 6) is 0. The minimum absolute atomic E-state index is 0.662. The predicted molar refractivity (Wildman–Crippen MR) is 127 cm³/mol. The molecule has 0 radical (unpaired) electrons. The van der Waals surface area contributed by atoms with Crippen molar-refractivity contribution < 1.29 is 0 Å². The second-order valence-corrected chi connectivity index (χ2v) is 6.83. The highest BCUT2D eigenvalue weighted by atomic mass is 15.3. The highest BCUT2D eigenvalue weighted by Gasteiger charge is 2.02. The van der Waals surface area contributed by atoms with Gasteiger partial charge < -0.3 is 10.6 Å². The Balaban J connectivity index is 1.64. The number of nitrogens with two attached hydrogens (primary N) is 1. The van der Waals surface area contributed by atoms with Crippen LogP contribution in [0.3, 0.4) is 0 Å². The van der Waals surface area contributed by atoms with E-state index in [-0.39, 0.29) is 0 Å². The Morgan fingerprint density at radius 3 is 1.97 bits per heavy atom. The van der Waals surface area contributed by atoms with E-state index in [9.17, 15) is 0 Å². The van der Waals surface area contributed by atoms with Crippen LogP contribution in [0.15, 0.2) is 88.1 Å². The first-order valence-electron chi connectivity index (χ1n) is 10.1. The molecular weight excluding hydrogens is 372 g/mol. The highest BCUT2D eigenvalue weighted by molar-refractivity contribution is 5.99. The maximum absolute atomic E-state index is 5.93. The van der Waals surface area contributed by atoms with E-state index < -0.39 is 0 Å². The topological polar surface area (TPSA) is 78.4 Å². The number of para-hydroxylation sites is 2. The molecule has 6 heteroatoms. The van der Waals surface area contributed by atoms with Crippen molar-refractivity contribution in [2.45, 2.75) is 20.8 Å². The Labute approximate surface area is 178 Å². The maximum Gasteiger partial charge on any atom is 0.0858 e. The van der Waals surface area contributed by atoms with E-state index in [1.165, 1.54) is 5.69 Å². The van der Waals surface area contributed by atoms with Gasteiger partial charge >= 0.3 is 0 Å². The average Bonchev–Trinajstić information content (AvgIpc) is 2.79. The Morgan fingerprint density at radius 1 is 0.833 bits per heavy atom. The van der Waals surface area contributed by atoms with Crippen molar-refractivity contribution in [3.8, 4) is 0 Å². The molecule has 3 N–H and O–H groups in total. The Bertz CT molecular complexity index is 1000. The molecule has 0 aliphatic heterocycles. The molecule has 3 rings (SSSR count). The largest absolute Gasteiger partial charge is 0.397 e. The van der Waals surface area contributed by atoms with E-state index in [1.807, 2.05) is 67.6 Å². The van der Waals surface area contributed by atoms with Crippen molar-refractivity contribution in [1.29, 1.82) is 0 Å². The molecule has 0 aliphatic carbocycles. The number of nitrogens with zero attached hydrogens (tertiary/aromatic N) is 4. The number of rotatable bonds is 8. The summed E-state index contributed by atoms with van der Waals surface area (Å²) < 4.78 is 0. The number of nitrogens with one attached hydrogen (secondary N) is 1. The van der Waals surface area contributed by atoms with Crippen LogP contribution in [0.4, 0.5) is 28.4 Å². The van der Waals surface area contributed by atoms with Crippen LogP contribution in [0.25, 0.3) is 0 Å². The molecule has 0 heterocycles. The van der Waals surface area contributed by atoms with Gasteiger partial charge in [0.1, 0.15) is 0 Å². The molecule has 0 amide bonds.